The topological polar surface area (TPSA) is 99.2 Å². The quantitative estimate of drug-likeness (QED) is 0.582. The summed E-state index contributed by atoms with van der Waals surface area (Å²) < 4.78 is 6.16. The Hall–Kier alpha value is -2.41. The molecule has 2 aromatic rings. The molecule has 21 heavy (non-hydrogen) atoms. The maximum absolute atomic E-state index is 12.3. The molecular formula is C14H18N4O3. The van der Waals surface area contributed by atoms with Crippen LogP contribution in [0.15, 0.2) is 29.3 Å². The van der Waals surface area contributed by atoms with Crippen LogP contribution in [0, 0.1) is 0 Å². The number of amides is 1. The highest BCUT2D eigenvalue weighted by atomic mass is 16.5. The summed E-state index contributed by atoms with van der Waals surface area (Å²) in [4.78, 5) is 28.2. The predicted octanol–water partition coefficient (Wildman–Crippen LogP) is 0.131. The second-order valence-corrected chi connectivity index (χ2v) is 4.65. The molecule has 0 spiro atoms. The van der Waals surface area contributed by atoms with E-state index in [1.165, 1.54) is 10.9 Å². The first-order valence-corrected chi connectivity index (χ1v) is 6.62. The van der Waals surface area contributed by atoms with E-state index in [0.717, 1.165) is 6.42 Å². The standard InChI is InChI=1S/C14H18N4O3/c1-21-6-2-5-16-13(19)8-18-9-17-12-4-3-10(15)7-11(12)14(18)20/h3-4,7,9H,2,5-6,8,15H2,1H3,(H,16,19). The fourth-order valence-corrected chi connectivity index (χ4v) is 1.94. The Balaban J connectivity index is 2.10. The van der Waals surface area contributed by atoms with Crippen LogP contribution in [0.5, 0.6) is 0 Å². The zero-order valence-electron chi connectivity index (χ0n) is 11.8. The lowest BCUT2D eigenvalue weighted by atomic mass is 10.2. The summed E-state index contributed by atoms with van der Waals surface area (Å²) in [6.07, 6.45) is 2.10. The van der Waals surface area contributed by atoms with Crippen LogP contribution in [0.1, 0.15) is 6.42 Å². The number of ether oxygens (including phenoxy) is 1. The Morgan fingerprint density at radius 2 is 2.29 bits per heavy atom. The number of methoxy groups -OCH3 is 1. The lowest BCUT2D eigenvalue weighted by molar-refractivity contribution is -0.121. The van der Waals surface area contributed by atoms with Crippen LogP contribution < -0.4 is 16.6 Å². The number of nitrogens with one attached hydrogen (secondary N) is 1. The summed E-state index contributed by atoms with van der Waals surface area (Å²) in [6.45, 7) is 1.02. The van der Waals surface area contributed by atoms with Crippen molar-refractivity contribution in [1.29, 1.82) is 0 Å². The van der Waals surface area contributed by atoms with Crippen LogP contribution in [0.25, 0.3) is 10.9 Å². The van der Waals surface area contributed by atoms with E-state index >= 15 is 0 Å². The van der Waals surface area contributed by atoms with E-state index in [-0.39, 0.29) is 18.0 Å². The molecule has 0 bridgehead atoms. The molecule has 7 heteroatoms. The smallest absolute Gasteiger partial charge is 0.261 e. The average molecular weight is 290 g/mol. The SMILES string of the molecule is COCCCNC(=O)Cn1cnc2ccc(N)cc2c1=O. The van der Waals surface area contributed by atoms with Crippen LogP contribution in [0.4, 0.5) is 5.69 Å². The van der Waals surface area contributed by atoms with Crippen molar-refractivity contribution >= 4 is 22.5 Å². The number of anilines is 1. The van der Waals surface area contributed by atoms with E-state index in [2.05, 4.69) is 10.3 Å². The highest BCUT2D eigenvalue weighted by Crippen LogP contribution is 2.10. The van der Waals surface area contributed by atoms with E-state index in [0.29, 0.717) is 29.7 Å². The second-order valence-electron chi connectivity index (χ2n) is 4.65. The third-order valence-electron chi connectivity index (χ3n) is 3.01. The van der Waals surface area contributed by atoms with Crippen LogP contribution in [0.2, 0.25) is 0 Å². The molecule has 0 fully saturated rings. The van der Waals surface area contributed by atoms with Gasteiger partial charge >= 0.3 is 0 Å². The van der Waals surface area contributed by atoms with Crippen molar-refractivity contribution in [1.82, 2.24) is 14.9 Å². The normalized spacial score (nSPS) is 10.7. The molecule has 7 nitrogen and oxygen atoms in total. The van der Waals surface area contributed by atoms with Crippen LogP contribution >= 0.6 is 0 Å². The van der Waals surface area contributed by atoms with Gasteiger partial charge in [-0.15, -0.1) is 0 Å². The molecule has 2 rings (SSSR count). The van der Waals surface area contributed by atoms with Crippen LogP contribution in [-0.4, -0.2) is 35.7 Å². The number of hydrogen-bond acceptors (Lipinski definition) is 5. The number of nitrogens with two attached hydrogens (primary N) is 1. The number of nitrogens with zero attached hydrogens (tertiary/aromatic N) is 2. The zero-order chi connectivity index (χ0) is 15.2. The fraction of sp³-hybridized carbons (Fsp3) is 0.357. The molecular weight excluding hydrogens is 272 g/mol. The molecule has 0 saturated carbocycles. The number of hydrogen-bond donors (Lipinski definition) is 2. The molecule has 0 atom stereocenters. The van der Waals surface area contributed by atoms with Gasteiger partial charge in [0.25, 0.3) is 5.56 Å². The number of rotatable bonds is 6. The molecule has 0 aliphatic carbocycles. The minimum atomic E-state index is -0.278. The van der Waals surface area contributed by atoms with E-state index in [4.69, 9.17) is 10.5 Å². The van der Waals surface area contributed by atoms with Crippen molar-refractivity contribution in [2.24, 2.45) is 0 Å². The number of carbonyl (C=O) groups is 1. The summed E-state index contributed by atoms with van der Waals surface area (Å²) in [6, 6.07) is 4.93. The van der Waals surface area contributed by atoms with Crippen molar-refractivity contribution < 1.29 is 9.53 Å². The summed E-state index contributed by atoms with van der Waals surface area (Å²) in [7, 11) is 1.60. The minimum absolute atomic E-state index is 0.0659. The van der Waals surface area contributed by atoms with Crippen molar-refractivity contribution in [2.75, 3.05) is 26.0 Å². The Kier molecular flexibility index (Phi) is 4.89. The second kappa shape index (κ2) is 6.85. The largest absolute Gasteiger partial charge is 0.399 e. The monoisotopic (exact) mass is 290 g/mol. The van der Waals surface area contributed by atoms with E-state index < -0.39 is 0 Å². The first-order chi connectivity index (χ1) is 10.1. The Bertz CT molecular complexity index is 696. The molecule has 0 radical (unpaired) electrons. The molecule has 0 saturated heterocycles. The molecule has 1 amide bonds. The highest BCUT2D eigenvalue weighted by Gasteiger charge is 2.08. The number of fused-ring (bicyclic) bond motifs is 1. The van der Waals surface area contributed by atoms with Gasteiger partial charge in [-0.1, -0.05) is 0 Å². The average Bonchev–Trinajstić information content (AvgIpc) is 2.47. The Labute approximate surface area is 121 Å². The molecule has 112 valence electrons. The van der Waals surface area contributed by atoms with Crippen molar-refractivity contribution in [2.45, 2.75) is 13.0 Å². The van der Waals surface area contributed by atoms with Gasteiger partial charge in [-0.25, -0.2) is 4.98 Å². The van der Waals surface area contributed by atoms with Gasteiger partial charge in [0.05, 0.1) is 17.2 Å². The molecule has 0 unspecified atom stereocenters. The Morgan fingerprint density at radius 3 is 3.05 bits per heavy atom. The highest BCUT2D eigenvalue weighted by molar-refractivity contribution is 5.81. The zero-order valence-corrected chi connectivity index (χ0v) is 11.8. The van der Waals surface area contributed by atoms with Gasteiger partial charge in [0.15, 0.2) is 0 Å². The lowest BCUT2D eigenvalue weighted by Gasteiger charge is -2.08. The summed E-state index contributed by atoms with van der Waals surface area (Å²) in [5.41, 5.74) is 6.44. The molecule has 1 aromatic heterocycles. The Morgan fingerprint density at radius 1 is 1.48 bits per heavy atom. The van der Waals surface area contributed by atoms with Crippen LogP contribution in [0.3, 0.4) is 0 Å². The van der Waals surface area contributed by atoms with Gasteiger partial charge < -0.3 is 15.8 Å². The first kappa shape index (κ1) is 15.0. The van der Waals surface area contributed by atoms with Gasteiger partial charge in [0, 0.05) is 25.9 Å². The van der Waals surface area contributed by atoms with E-state index in [1.54, 1.807) is 25.3 Å². The fourth-order valence-electron chi connectivity index (χ4n) is 1.94. The number of carbonyl (C=O) groups excluding carboxylic acids is 1. The van der Waals surface area contributed by atoms with Gasteiger partial charge in [0.2, 0.25) is 5.91 Å². The van der Waals surface area contributed by atoms with E-state index in [9.17, 15) is 9.59 Å². The molecule has 1 heterocycles. The van der Waals surface area contributed by atoms with Crippen LogP contribution in [-0.2, 0) is 16.1 Å². The first-order valence-electron chi connectivity index (χ1n) is 6.62. The lowest BCUT2D eigenvalue weighted by Crippen LogP contribution is -2.33. The van der Waals surface area contributed by atoms with Crippen molar-refractivity contribution in [3.8, 4) is 0 Å². The van der Waals surface area contributed by atoms with Gasteiger partial charge in [0.1, 0.15) is 6.54 Å². The van der Waals surface area contributed by atoms with Crippen molar-refractivity contribution in [3.63, 3.8) is 0 Å². The maximum Gasteiger partial charge on any atom is 0.261 e. The predicted molar refractivity (Wildman–Crippen MR) is 79.9 cm³/mol. The number of aromatic nitrogens is 2. The van der Waals surface area contributed by atoms with Crippen molar-refractivity contribution in [3.05, 3.63) is 34.9 Å². The third kappa shape index (κ3) is 3.79. The van der Waals surface area contributed by atoms with Gasteiger partial charge in [-0.2, -0.15) is 0 Å². The van der Waals surface area contributed by atoms with Gasteiger partial charge in [-0.3, -0.25) is 14.2 Å². The number of benzene rings is 1. The minimum Gasteiger partial charge on any atom is -0.399 e. The van der Waals surface area contributed by atoms with E-state index in [1.807, 2.05) is 0 Å². The molecule has 1 aromatic carbocycles. The number of nitrogen functional groups attached to an aromatic ring is 1. The molecule has 3 N–H and O–H groups in total. The maximum atomic E-state index is 12.3. The summed E-state index contributed by atoms with van der Waals surface area (Å²) in [5, 5.41) is 3.13. The summed E-state index contributed by atoms with van der Waals surface area (Å²) >= 11 is 0. The molecule has 0 aliphatic rings. The summed E-state index contributed by atoms with van der Waals surface area (Å²) in [5.74, 6) is -0.238. The third-order valence-corrected chi connectivity index (χ3v) is 3.01. The molecule has 0 aliphatic heterocycles. The van der Waals surface area contributed by atoms with Gasteiger partial charge in [-0.05, 0) is 24.6 Å².